The summed E-state index contributed by atoms with van der Waals surface area (Å²) in [6, 6.07) is -0.207. The number of aryl methyl sites for hydroxylation is 1. The third-order valence-corrected chi connectivity index (χ3v) is 1.27. The SMILES string of the molecule is CC(N)c1nn(C)cc1O.Cl.Cl. The zero-order valence-corrected chi connectivity index (χ0v) is 8.52. The molecule has 3 N–H and O–H groups in total. The Kier molecular flexibility index (Phi) is 6.16. The summed E-state index contributed by atoms with van der Waals surface area (Å²) in [5.41, 5.74) is 6.04. The summed E-state index contributed by atoms with van der Waals surface area (Å²) in [4.78, 5) is 0. The number of hydrogen-bond donors (Lipinski definition) is 2. The van der Waals surface area contributed by atoms with E-state index in [2.05, 4.69) is 5.10 Å². The standard InChI is InChI=1S/C6H11N3O.2ClH/c1-4(7)6-5(10)3-9(2)8-6;;/h3-4,10H,7H2,1-2H3;2*1H. The lowest BCUT2D eigenvalue weighted by Crippen LogP contribution is -2.06. The van der Waals surface area contributed by atoms with Crippen LogP contribution >= 0.6 is 24.8 Å². The number of nitrogens with zero attached hydrogens (tertiary/aromatic N) is 2. The third-order valence-electron chi connectivity index (χ3n) is 1.27. The van der Waals surface area contributed by atoms with Crippen molar-refractivity contribution in [3.63, 3.8) is 0 Å². The minimum atomic E-state index is -0.207. The van der Waals surface area contributed by atoms with E-state index in [1.165, 1.54) is 10.9 Å². The van der Waals surface area contributed by atoms with E-state index >= 15 is 0 Å². The molecule has 0 aliphatic rings. The van der Waals surface area contributed by atoms with E-state index in [4.69, 9.17) is 10.8 Å². The van der Waals surface area contributed by atoms with Crippen molar-refractivity contribution >= 4 is 24.8 Å². The maximum atomic E-state index is 9.14. The second-order valence-electron chi connectivity index (χ2n) is 2.36. The molecule has 0 radical (unpaired) electrons. The highest BCUT2D eigenvalue weighted by Gasteiger charge is 2.09. The van der Waals surface area contributed by atoms with Crippen LogP contribution in [0.4, 0.5) is 0 Å². The highest BCUT2D eigenvalue weighted by Crippen LogP contribution is 2.18. The molecule has 72 valence electrons. The van der Waals surface area contributed by atoms with Gasteiger partial charge in [0.15, 0.2) is 5.75 Å². The van der Waals surface area contributed by atoms with Gasteiger partial charge in [0.05, 0.1) is 6.20 Å². The molecule has 12 heavy (non-hydrogen) atoms. The Morgan fingerprint density at radius 3 is 2.25 bits per heavy atom. The quantitative estimate of drug-likeness (QED) is 0.732. The van der Waals surface area contributed by atoms with Crippen molar-refractivity contribution in [1.29, 1.82) is 0 Å². The van der Waals surface area contributed by atoms with Crippen LogP contribution in [0.3, 0.4) is 0 Å². The Labute approximate surface area is 83.6 Å². The predicted molar refractivity (Wildman–Crippen MR) is 52.0 cm³/mol. The molecular formula is C6H13Cl2N3O. The summed E-state index contributed by atoms with van der Waals surface area (Å²) in [5.74, 6) is 0.164. The first-order chi connectivity index (χ1) is 4.61. The van der Waals surface area contributed by atoms with Gasteiger partial charge < -0.3 is 10.8 Å². The molecule has 1 heterocycles. The van der Waals surface area contributed by atoms with Crippen LogP contribution in [0.2, 0.25) is 0 Å². The van der Waals surface area contributed by atoms with Crippen molar-refractivity contribution in [1.82, 2.24) is 9.78 Å². The molecule has 1 aromatic rings. The van der Waals surface area contributed by atoms with Crippen LogP contribution < -0.4 is 5.73 Å². The summed E-state index contributed by atoms with van der Waals surface area (Å²) < 4.78 is 1.54. The van der Waals surface area contributed by atoms with E-state index in [0.717, 1.165) is 0 Å². The number of halogens is 2. The van der Waals surface area contributed by atoms with Gasteiger partial charge in [0.1, 0.15) is 5.69 Å². The number of nitrogens with two attached hydrogens (primary N) is 1. The Morgan fingerprint density at radius 2 is 2.08 bits per heavy atom. The second-order valence-corrected chi connectivity index (χ2v) is 2.36. The molecule has 1 rings (SSSR count). The lowest BCUT2D eigenvalue weighted by Gasteiger charge is -1.98. The van der Waals surface area contributed by atoms with Crippen LogP contribution in [-0.2, 0) is 7.05 Å². The van der Waals surface area contributed by atoms with Crippen LogP contribution in [0.25, 0.3) is 0 Å². The Morgan fingerprint density at radius 1 is 1.58 bits per heavy atom. The van der Waals surface area contributed by atoms with Crippen molar-refractivity contribution in [2.75, 3.05) is 0 Å². The van der Waals surface area contributed by atoms with E-state index in [1.807, 2.05) is 0 Å². The van der Waals surface area contributed by atoms with Gasteiger partial charge in [-0.25, -0.2) is 0 Å². The van der Waals surface area contributed by atoms with E-state index in [1.54, 1.807) is 14.0 Å². The smallest absolute Gasteiger partial charge is 0.158 e. The van der Waals surface area contributed by atoms with Gasteiger partial charge in [-0.3, -0.25) is 4.68 Å². The van der Waals surface area contributed by atoms with Crippen molar-refractivity contribution in [2.45, 2.75) is 13.0 Å². The zero-order chi connectivity index (χ0) is 7.72. The number of aromatic hydroxyl groups is 1. The van der Waals surface area contributed by atoms with Gasteiger partial charge in [-0.1, -0.05) is 0 Å². The normalized spacial score (nSPS) is 11.2. The van der Waals surface area contributed by atoms with Crippen molar-refractivity contribution in [3.05, 3.63) is 11.9 Å². The Hall–Kier alpha value is -0.450. The van der Waals surface area contributed by atoms with Gasteiger partial charge in [-0.2, -0.15) is 5.10 Å². The number of hydrogen-bond acceptors (Lipinski definition) is 3. The fourth-order valence-electron chi connectivity index (χ4n) is 0.817. The van der Waals surface area contributed by atoms with Gasteiger partial charge in [0.25, 0.3) is 0 Å². The first-order valence-corrected chi connectivity index (χ1v) is 3.09. The maximum Gasteiger partial charge on any atom is 0.158 e. The number of aromatic nitrogens is 2. The molecule has 4 nitrogen and oxygen atoms in total. The summed E-state index contributed by atoms with van der Waals surface area (Å²) in [6.45, 7) is 1.78. The first-order valence-electron chi connectivity index (χ1n) is 3.09. The Bertz CT molecular complexity index is 237. The third kappa shape index (κ3) is 2.89. The second kappa shape index (κ2) is 5.24. The fraction of sp³-hybridized carbons (Fsp3) is 0.500. The molecule has 0 aromatic carbocycles. The predicted octanol–water partition coefficient (Wildman–Crippen LogP) is 0.989. The van der Waals surface area contributed by atoms with Crippen molar-refractivity contribution in [2.24, 2.45) is 12.8 Å². The minimum absolute atomic E-state index is 0. The van der Waals surface area contributed by atoms with Crippen LogP contribution in [-0.4, -0.2) is 14.9 Å². The molecule has 0 aliphatic heterocycles. The highest BCUT2D eigenvalue weighted by molar-refractivity contribution is 5.85. The minimum Gasteiger partial charge on any atom is -0.504 e. The van der Waals surface area contributed by atoms with Gasteiger partial charge >= 0.3 is 0 Å². The average molecular weight is 214 g/mol. The molecule has 1 unspecified atom stereocenters. The maximum absolute atomic E-state index is 9.14. The molecule has 0 aliphatic carbocycles. The summed E-state index contributed by atoms with van der Waals surface area (Å²) in [5, 5.41) is 13.1. The number of rotatable bonds is 1. The van der Waals surface area contributed by atoms with Crippen molar-refractivity contribution in [3.8, 4) is 5.75 Å². The molecule has 0 fully saturated rings. The molecular weight excluding hydrogens is 201 g/mol. The molecule has 1 aromatic heterocycles. The van der Waals surface area contributed by atoms with E-state index in [0.29, 0.717) is 5.69 Å². The van der Waals surface area contributed by atoms with Gasteiger partial charge in [0, 0.05) is 13.1 Å². The van der Waals surface area contributed by atoms with Gasteiger partial charge in [0.2, 0.25) is 0 Å². The lowest BCUT2D eigenvalue weighted by atomic mass is 10.2. The monoisotopic (exact) mass is 213 g/mol. The van der Waals surface area contributed by atoms with Crippen LogP contribution in [0, 0.1) is 0 Å². The molecule has 0 bridgehead atoms. The molecule has 0 saturated carbocycles. The van der Waals surface area contributed by atoms with E-state index in [9.17, 15) is 0 Å². The average Bonchev–Trinajstić information content (AvgIpc) is 2.10. The summed E-state index contributed by atoms with van der Waals surface area (Å²) in [6.07, 6.45) is 1.53. The highest BCUT2D eigenvalue weighted by atomic mass is 35.5. The van der Waals surface area contributed by atoms with Gasteiger partial charge in [-0.05, 0) is 6.92 Å². The molecule has 6 heteroatoms. The van der Waals surface area contributed by atoms with Crippen LogP contribution in [0.5, 0.6) is 5.75 Å². The van der Waals surface area contributed by atoms with E-state index in [-0.39, 0.29) is 36.6 Å². The zero-order valence-electron chi connectivity index (χ0n) is 6.89. The topological polar surface area (TPSA) is 64.1 Å². The first kappa shape index (κ1) is 14.1. The summed E-state index contributed by atoms with van der Waals surface area (Å²) in [7, 11) is 1.74. The lowest BCUT2D eigenvalue weighted by molar-refractivity contribution is 0.463. The molecule has 0 spiro atoms. The van der Waals surface area contributed by atoms with Crippen molar-refractivity contribution < 1.29 is 5.11 Å². The van der Waals surface area contributed by atoms with E-state index < -0.39 is 0 Å². The molecule has 0 saturated heterocycles. The van der Waals surface area contributed by atoms with Crippen LogP contribution in [0.1, 0.15) is 18.7 Å². The fourth-order valence-corrected chi connectivity index (χ4v) is 0.817. The largest absolute Gasteiger partial charge is 0.504 e. The van der Waals surface area contributed by atoms with Crippen LogP contribution in [0.15, 0.2) is 6.20 Å². The summed E-state index contributed by atoms with van der Waals surface area (Å²) >= 11 is 0. The molecule has 0 amide bonds. The Balaban J connectivity index is 0. The van der Waals surface area contributed by atoms with Gasteiger partial charge in [-0.15, -0.1) is 24.8 Å². The molecule has 1 atom stereocenters.